The van der Waals surface area contributed by atoms with Crippen molar-refractivity contribution in [3.05, 3.63) is 16.0 Å². The van der Waals surface area contributed by atoms with E-state index >= 15 is 0 Å². The molecule has 0 radical (unpaired) electrons. The number of nitrogens with zero attached hydrogens (tertiary/aromatic N) is 2. The minimum atomic E-state index is -3.61. The van der Waals surface area contributed by atoms with Crippen molar-refractivity contribution < 1.29 is 8.42 Å². The number of rotatable bonds is 4. The Bertz CT molecular complexity index is 520. The molecular weight excluding hydrogens is 332 g/mol. The molecule has 2 rings (SSSR count). The van der Waals surface area contributed by atoms with Crippen LogP contribution in [0, 0.1) is 0 Å². The molecule has 6 nitrogen and oxygen atoms in total. The molecule has 0 amide bonds. The predicted octanol–water partition coefficient (Wildman–Crippen LogP) is 1.69. The third kappa shape index (κ3) is 3.27. The molecule has 0 saturated heterocycles. The molecule has 0 bridgehead atoms. The molecule has 0 aromatic carbocycles. The van der Waals surface area contributed by atoms with Crippen LogP contribution in [0.2, 0.25) is 5.15 Å². The summed E-state index contributed by atoms with van der Waals surface area (Å²) in [5, 5.41) is 0.154. The van der Waals surface area contributed by atoms with Crippen LogP contribution in [0.1, 0.15) is 19.3 Å². The Morgan fingerprint density at radius 3 is 2.71 bits per heavy atom. The lowest BCUT2D eigenvalue weighted by Crippen LogP contribution is -2.42. The third-order valence-electron chi connectivity index (χ3n) is 2.40. The molecule has 1 aromatic heterocycles. The summed E-state index contributed by atoms with van der Waals surface area (Å²) < 4.78 is 28.6. The van der Waals surface area contributed by atoms with Crippen molar-refractivity contribution in [1.82, 2.24) is 14.7 Å². The van der Waals surface area contributed by atoms with Gasteiger partial charge in [-0.1, -0.05) is 18.0 Å². The van der Waals surface area contributed by atoms with Gasteiger partial charge in [-0.05, 0) is 28.8 Å². The molecule has 0 spiro atoms. The van der Waals surface area contributed by atoms with E-state index in [0.717, 1.165) is 19.3 Å². The second-order valence-electron chi connectivity index (χ2n) is 3.68. The number of aromatic nitrogens is 2. The van der Waals surface area contributed by atoms with Crippen LogP contribution < -0.4 is 9.44 Å². The zero-order valence-electron chi connectivity index (χ0n) is 8.65. The molecular formula is C8H10BrClN4O2S. The van der Waals surface area contributed by atoms with Crippen molar-refractivity contribution in [3.8, 4) is 0 Å². The van der Waals surface area contributed by atoms with E-state index in [1.54, 1.807) is 0 Å². The second kappa shape index (κ2) is 5.05. The van der Waals surface area contributed by atoms with E-state index in [0.29, 0.717) is 4.47 Å². The Hall–Kier alpha value is -0.440. The second-order valence-corrected chi connectivity index (χ2v) is 6.28. The third-order valence-corrected chi connectivity index (χ3v) is 4.78. The first-order valence-electron chi connectivity index (χ1n) is 4.94. The maximum absolute atomic E-state index is 11.7. The van der Waals surface area contributed by atoms with E-state index in [9.17, 15) is 8.42 Å². The highest BCUT2D eigenvalue weighted by Gasteiger charge is 2.24. The lowest BCUT2D eigenvalue weighted by atomic mass is 9.94. The molecule has 1 fully saturated rings. The Kier molecular flexibility index (Phi) is 3.86. The van der Waals surface area contributed by atoms with Crippen LogP contribution in [0.5, 0.6) is 0 Å². The van der Waals surface area contributed by atoms with Crippen LogP contribution in [0.15, 0.2) is 10.8 Å². The van der Waals surface area contributed by atoms with Crippen molar-refractivity contribution >= 4 is 43.6 Å². The minimum absolute atomic E-state index is 0.0172. The van der Waals surface area contributed by atoms with Crippen LogP contribution >= 0.6 is 27.5 Å². The van der Waals surface area contributed by atoms with Crippen LogP contribution in [0.3, 0.4) is 0 Å². The van der Waals surface area contributed by atoms with E-state index in [2.05, 4.69) is 35.3 Å². The van der Waals surface area contributed by atoms with Gasteiger partial charge in [0.1, 0.15) is 11.5 Å². The fraction of sp³-hybridized carbons (Fsp3) is 0.500. The van der Waals surface area contributed by atoms with Crippen molar-refractivity contribution in [2.24, 2.45) is 0 Å². The fourth-order valence-corrected chi connectivity index (χ4v) is 3.03. The topological polar surface area (TPSA) is 84.0 Å². The number of hydrogen-bond acceptors (Lipinski definition) is 4. The average molecular weight is 342 g/mol. The van der Waals surface area contributed by atoms with Gasteiger partial charge in [-0.25, -0.2) is 9.97 Å². The summed E-state index contributed by atoms with van der Waals surface area (Å²) in [4.78, 5) is 7.51. The molecule has 1 aromatic rings. The molecule has 2 N–H and O–H groups in total. The number of hydrogen-bond donors (Lipinski definition) is 2. The quantitative estimate of drug-likeness (QED) is 0.816. The molecule has 1 aliphatic carbocycles. The van der Waals surface area contributed by atoms with Crippen LogP contribution in [0.25, 0.3) is 0 Å². The predicted molar refractivity (Wildman–Crippen MR) is 68.1 cm³/mol. The number of anilines is 1. The van der Waals surface area contributed by atoms with Gasteiger partial charge < -0.3 is 0 Å². The lowest BCUT2D eigenvalue weighted by molar-refractivity contribution is 0.384. The van der Waals surface area contributed by atoms with Crippen molar-refractivity contribution in [2.75, 3.05) is 4.72 Å². The first-order valence-corrected chi connectivity index (χ1v) is 7.59. The number of nitrogens with one attached hydrogen (secondary N) is 2. The Morgan fingerprint density at radius 1 is 1.41 bits per heavy atom. The van der Waals surface area contributed by atoms with Crippen molar-refractivity contribution in [3.63, 3.8) is 0 Å². The largest absolute Gasteiger partial charge is 0.300 e. The van der Waals surface area contributed by atoms with E-state index in [1.807, 2.05) is 0 Å². The Labute approximate surface area is 112 Å². The molecule has 0 atom stereocenters. The highest BCUT2D eigenvalue weighted by Crippen LogP contribution is 2.27. The van der Waals surface area contributed by atoms with E-state index in [-0.39, 0.29) is 17.0 Å². The van der Waals surface area contributed by atoms with Crippen LogP contribution in [-0.4, -0.2) is 24.4 Å². The Balaban J connectivity index is 2.11. The molecule has 9 heteroatoms. The zero-order valence-corrected chi connectivity index (χ0v) is 11.8. The van der Waals surface area contributed by atoms with Crippen molar-refractivity contribution in [1.29, 1.82) is 0 Å². The fourth-order valence-electron chi connectivity index (χ4n) is 1.32. The monoisotopic (exact) mass is 340 g/mol. The molecule has 0 aliphatic heterocycles. The van der Waals surface area contributed by atoms with Crippen molar-refractivity contribution in [2.45, 2.75) is 25.3 Å². The number of halogens is 2. The summed E-state index contributed by atoms with van der Waals surface area (Å²) in [6.07, 6.45) is 3.98. The van der Waals surface area contributed by atoms with Gasteiger partial charge in [0.05, 0.1) is 4.47 Å². The maximum Gasteiger partial charge on any atom is 0.300 e. The van der Waals surface area contributed by atoms with Gasteiger partial charge in [-0.15, -0.1) is 0 Å². The summed E-state index contributed by atoms with van der Waals surface area (Å²) in [5.74, 6) is 0.122. The lowest BCUT2D eigenvalue weighted by Gasteiger charge is -2.26. The zero-order chi connectivity index (χ0) is 12.5. The standard InChI is InChI=1S/C8H10BrClN4O2S/c9-6-7(10)11-4-12-8(6)14-17(15,16)13-5-2-1-3-5/h4-5,13H,1-3H2,(H,11,12,14). The minimum Gasteiger partial charge on any atom is -0.254 e. The van der Waals surface area contributed by atoms with E-state index in [1.165, 1.54) is 6.33 Å². The normalized spacial score (nSPS) is 16.6. The maximum atomic E-state index is 11.7. The van der Waals surface area contributed by atoms with Crippen LogP contribution in [-0.2, 0) is 10.2 Å². The first-order chi connectivity index (χ1) is 7.98. The van der Waals surface area contributed by atoms with E-state index in [4.69, 9.17) is 11.6 Å². The SMILES string of the molecule is O=S(=O)(Nc1ncnc(Cl)c1Br)NC1CCC1. The van der Waals surface area contributed by atoms with Gasteiger partial charge in [-0.3, -0.25) is 4.72 Å². The average Bonchev–Trinajstić information content (AvgIpc) is 2.19. The first kappa shape index (κ1) is 13.0. The molecule has 0 unspecified atom stereocenters. The van der Waals surface area contributed by atoms with Crippen LogP contribution in [0.4, 0.5) is 5.82 Å². The van der Waals surface area contributed by atoms with Gasteiger partial charge in [0.25, 0.3) is 0 Å². The summed E-state index contributed by atoms with van der Waals surface area (Å²) >= 11 is 8.85. The summed E-state index contributed by atoms with van der Waals surface area (Å²) in [6.45, 7) is 0. The highest BCUT2D eigenvalue weighted by molar-refractivity contribution is 9.10. The van der Waals surface area contributed by atoms with Gasteiger partial charge in [-0.2, -0.15) is 13.1 Å². The molecule has 94 valence electrons. The van der Waals surface area contributed by atoms with Gasteiger partial charge in [0.2, 0.25) is 0 Å². The Morgan fingerprint density at radius 2 is 2.12 bits per heavy atom. The molecule has 17 heavy (non-hydrogen) atoms. The van der Waals surface area contributed by atoms with E-state index < -0.39 is 10.2 Å². The smallest absolute Gasteiger partial charge is 0.254 e. The molecule has 1 saturated carbocycles. The molecule has 1 aliphatic rings. The molecule has 1 heterocycles. The highest BCUT2D eigenvalue weighted by atomic mass is 79.9. The summed E-state index contributed by atoms with van der Waals surface area (Å²) in [7, 11) is -3.61. The van der Waals surface area contributed by atoms with Gasteiger partial charge in [0, 0.05) is 6.04 Å². The van der Waals surface area contributed by atoms with Gasteiger partial charge in [0.15, 0.2) is 5.82 Å². The summed E-state index contributed by atoms with van der Waals surface area (Å²) in [5.41, 5.74) is 0. The summed E-state index contributed by atoms with van der Waals surface area (Å²) in [6, 6.07) is 0.0172. The van der Waals surface area contributed by atoms with Gasteiger partial charge >= 0.3 is 10.2 Å².